The number of aliphatic carboxylic acids is 1. The van der Waals surface area contributed by atoms with Crippen LogP contribution in [0.15, 0.2) is 0 Å². The number of nitrogens with zero attached hydrogens (tertiary/aromatic N) is 2. The Morgan fingerprint density at radius 1 is 1.37 bits per heavy atom. The van der Waals surface area contributed by atoms with Gasteiger partial charge in [0.1, 0.15) is 0 Å². The van der Waals surface area contributed by atoms with Gasteiger partial charge in [0, 0.05) is 18.6 Å². The molecule has 0 bridgehead atoms. The number of amides is 2. The second-order valence-electron chi connectivity index (χ2n) is 6.42. The maximum atomic E-state index is 12.4. The summed E-state index contributed by atoms with van der Waals surface area (Å²) < 4.78 is 0. The predicted octanol–water partition coefficient (Wildman–Crippen LogP) is 1.14. The average Bonchev–Trinajstić information content (AvgIpc) is 2.56. The molecule has 6 heteroatoms. The number of likely N-dealkylation sites (tertiary alicyclic amines) is 1. The first-order valence-corrected chi connectivity index (χ1v) is 6.54. The molecule has 1 unspecified atom stereocenters. The van der Waals surface area contributed by atoms with Crippen molar-refractivity contribution in [3.05, 3.63) is 0 Å². The summed E-state index contributed by atoms with van der Waals surface area (Å²) in [5.74, 6) is -0.921. The molecule has 0 aliphatic carbocycles. The van der Waals surface area contributed by atoms with E-state index in [4.69, 9.17) is 5.11 Å². The molecule has 2 N–H and O–H groups in total. The molecule has 2 amide bonds. The van der Waals surface area contributed by atoms with Gasteiger partial charge in [-0.1, -0.05) is 0 Å². The van der Waals surface area contributed by atoms with Gasteiger partial charge in [-0.25, -0.2) is 4.79 Å². The van der Waals surface area contributed by atoms with E-state index < -0.39 is 17.1 Å². The highest BCUT2D eigenvalue weighted by molar-refractivity contribution is 5.76. The number of aliphatic hydroxyl groups is 1. The largest absolute Gasteiger partial charge is 0.481 e. The number of hydrogen-bond donors (Lipinski definition) is 2. The zero-order chi connectivity index (χ0) is 14.8. The first-order chi connectivity index (χ1) is 8.53. The molecule has 1 aliphatic heterocycles. The molecule has 0 spiro atoms. The fraction of sp³-hybridized carbons (Fsp3) is 0.846. The summed E-state index contributed by atoms with van der Waals surface area (Å²) in [5.41, 5.74) is -1.28. The molecule has 110 valence electrons. The van der Waals surface area contributed by atoms with Crippen LogP contribution < -0.4 is 0 Å². The normalized spacial score (nSPS) is 23.5. The lowest BCUT2D eigenvalue weighted by Gasteiger charge is -2.38. The molecule has 19 heavy (non-hydrogen) atoms. The van der Waals surface area contributed by atoms with E-state index in [1.807, 2.05) is 20.8 Å². The Labute approximate surface area is 114 Å². The van der Waals surface area contributed by atoms with Crippen molar-refractivity contribution >= 4 is 12.0 Å². The second-order valence-corrected chi connectivity index (χ2v) is 6.42. The van der Waals surface area contributed by atoms with Crippen LogP contribution in [0.1, 0.15) is 40.5 Å². The van der Waals surface area contributed by atoms with Gasteiger partial charge in [-0.15, -0.1) is 0 Å². The van der Waals surface area contributed by atoms with Crippen molar-refractivity contribution in [2.24, 2.45) is 0 Å². The highest BCUT2D eigenvalue weighted by atomic mass is 16.4. The number of carbonyl (C=O) groups is 2. The number of rotatable bonds is 3. The summed E-state index contributed by atoms with van der Waals surface area (Å²) in [4.78, 5) is 26.3. The molecule has 1 fully saturated rings. The summed E-state index contributed by atoms with van der Waals surface area (Å²) >= 11 is 0. The molecule has 1 heterocycles. The lowest BCUT2D eigenvalue weighted by atomic mass is 10.1. The molecule has 0 aromatic heterocycles. The van der Waals surface area contributed by atoms with E-state index in [2.05, 4.69) is 0 Å². The van der Waals surface area contributed by atoms with Crippen LogP contribution in [0, 0.1) is 0 Å². The van der Waals surface area contributed by atoms with Crippen LogP contribution in [-0.2, 0) is 4.79 Å². The Morgan fingerprint density at radius 3 is 2.32 bits per heavy atom. The number of urea groups is 1. The van der Waals surface area contributed by atoms with Crippen LogP contribution in [0.5, 0.6) is 0 Å². The van der Waals surface area contributed by atoms with E-state index >= 15 is 0 Å². The number of carboxylic acid groups (broad SMARTS) is 1. The molecular weight excluding hydrogens is 248 g/mol. The summed E-state index contributed by atoms with van der Waals surface area (Å²) in [5, 5.41) is 18.7. The number of hydrogen-bond acceptors (Lipinski definition) is 3. The average molecular weight is 272 g/mol. The predicted molar refractivity (Wildman–Crippen MR) is 70.9 cm³/mol. The molecule has 0 aromatic rings. The fourth-order valence-electron chi connectivity index (χ4n) is 2.20. The minimum atomic E-state index is -0.921. The Bertz CT molecular complexity index is 360. The monoisotopic (exact) mass is 272 g/mol. The van der Waals surface area contributed by atoms with E-state index in [1.54, 1.807) is 16.7 Å². The van der Waals surface area contributed by atoms with Crippen LogP contribution in [0.2, 0.25) is 0 Å². The van der Waals surface area contributed by atoms with Crippen LogP contribution in [-0.4, -0.2) is 62.8 Å². The van der Waals surface area contributed by atoms with E-state index in [1.165, 1.54) is 0 Å². The Kier molecular flexibility index (Phi) is 4.45. The van der Waals surface area contributed by atoms with Gasteiger partial charge in [0.15, 0.2) is 0 Å². The van der Waals surface area contributed by atoms with E-state index in [0.29, 0.717) is 19.5 Å². The molecule has 0 aromatic carbocycles. The molecular formula is C13H24N2O4. The van der Waals surface area contributed by atoms with E-state index in [0.717, 1.165) is 0 Å². The molecule has 0 saturated carbocycles. The molecule has 1 atom stereocenters. The number of carbonyl (C=O) groups excluding carboxylic acids is 1. The maximum Gasteiger partial charge on any atom is 0.320 e. The molecule has 6 nitrogen and oxygen atoms in total. The topological polar surface area (TPSA) is 81.1 Å². The van der Waals surface area contributed by atoms with Gasteiger partial charge >= 0.3 is 12.0 Å². The van der Waals surface area contributed by atoms with Crippen molar-refractivity contribution < 1.29 is 19.8 Å². The van der Waals surface area contributed by atoms with Crippen molar-refractivity contribution in [2.45, 2.75) is 51.7 Å². The van der Waals surface area contributed by atoms with Crippen molar-refractivity contribution in [3.63, 3.8) is 0 Å². The Balaban J connectivity index is 2.75. The highest BCUT2D eigenvalue weighted by Gasteiger charge is 2.38. The summed E-state index contributed by atoms with van der Waals surface area (Å²) in [6.45, 7) is 8.31. The van der Waals surface area contributed by atoms with Crippen LogP contribution in [0.25, 0.3) is 0 Å². The summed E-state index contributed by atoms with van der Waals surface area (Å²) in [6.07, 6.45) is 0.475. The quantitative estimate of drug-likeness (QED) is 0.807. The van der Waals surface area contributed by atoms with E-state index in [9.17, 15) is 14.7 Å². The lowest BCUT2D eigenvalue weighted by Crippen LogP contribution is -2.52. The molecule has 1 aliphatic rings. The van der Waals surface area contributed by atoms with Crippen LogP contribution >= 0.6 is 0 Å². The third-order valence-corrected chi connectivity index (χ3v) is 3.31. The van der Waals surface area contributed by atoms with Gasteiger partial charge < -0.3 is 20.0 Å². The minimum Gasteiger partial charge on any atom is -0.481 e. The van der Waals surface area contributed by atoms with Gasteiger partial charge in [-0.05, 0) is 34.1 Å². The summed E-state index contributed by atoms with van der Waals surface area (Å²) in [7, 11) is 0. The Hall–Kier alpha value is -1.30. The number of carboxylic acids is 1. The smallest absolute Gasteiger partial charge is 0.320 e. The van der Waals surface area contributed by atoms with Gasteiger partial charge in [-0.2, -0.15) is 0 Å². The zero-order valence-electron chi connectivity index (χ0n) is 12.1. The van der Waals surface area contributed by atoms with Crippen molar-refractivity contribution in [1.82, 2.24) is 9.80 Å². The standard InChI is InChI=1S/C13H24N2O4/c1-12(2,3)15(7-5-10(16)17)11(18)14-8-6-13(4,19)9-14/h19H,5-9H2,1-4H3,(H,16,17). The van der Waals surface area contributed by atoms with Gasteiger partial charge in [-0.3, -0.25) is 4.79 Å². The lowest BCUT2D eigenvalue weighted by molar-refractivity contribution is -0.137. The molecule has 0 radical (unpaired) electrons. The number of β-amino-alcohol motifs (C(OH)–C–C–N with tert-alkyl or cyclic N) is 1. The van der Waals surface area contributed by atoms with Gasteiger partial charge in [0.05, 0.1) is 18.6 Å². The Morgan fingerprint density at radius 2 is 1.95 bits per heavy atom. The maximum absolute atomic E-state index is 12.4. The second kappa shape index (κ2) is 5.36. The van der Waals surface area contributed by atoms with Gasteiger partial charge in [0.2, 0.25) is 0 Å². The van der Waals surface area contributed by atoms with Crippen LogP contribution in [0.3, 0.4) is 0 Å². The fourth-order valence-corrected chi connectivity index (χ4v) is 2.20. The van der Waals surface area contributed by atoms with Gasteiger partial charge in [0.25, 0.3) is 0 Å². The van der Waals surface area contributed by atoms with Crippen LogP contribution in [0.4, 0.5) is 4.79 Å². The minimum absolute atomic E-state index is 0.0761. The van der Waals surface area contributed by atoms with Crippen molar-refractivity contribution in [3.8, 4) is 0 Å². The van der Waals surface area contributed by atoms with Crippen molar-refractivity contribution in [1.29, 1.82) is 0 Å². The molecule has 1 saturated heterocycles. The molecule has 1 rings (SSSR count). The summed E-state index contributed by atoms with van der Waals surface area (Å²) in [6, 6.07) is -0.202. The first-order valence-electron chi connectivity index (χ1n) is 6.54. The highest BCUT2D eigenvalue weighted by Crippen LogP contribution is 2.24. The SMILES string of the molecule is CC1(O)CCN(C(=O)N(CCC(=O)O)C(C)(C)C)C1. The van der Waals surface area contributed by atoms with Crippen molar-refractivity contribution in [2.75, 3.05) is 19.6 Å². The zero-order valence-corrected chi connectivity index (χ0v) is 12.1. The third kappa shape index (κ3) is 4.38. The first kappa shape index (κ1) is 15.8. The van der Waals surface area contributed by atoms with E-state index in [-0.39, 0.29) is 19.0 Å². The third-order valence-electron chi connectivity index (χ3n) is 3.31.